The smallest absolute Gasteiger partial charge is 0.220 e. The van der Waals surface area contributed by atoms with Gasteiger partial charge in [-0.1, -0.05) is 6.58 Å². The number of rotatable bonds is 1. The summed E-state index contributed by atoms with van der Waals surface area (Å²) >= 11 is 0. The minimum atomic E-state index is -1.04. The highest BCUT2D eigenvalue weighted by molar-refractivity contribution is 6.27. The zero-order valence-electron chi connectivity index (χ0n) is 13.2. The number of piperazine rings is 1. The lowest BCUT2D eigenvalue weighted by Gasteiger charge is -2.38. The highest BCUT2D eigenvalue weighted by Crippen LogP contribution is 2.58. The summed E-state index contributed by atoms with van der Waals surface area (Å²) in [6.07, 6.45) is 0. The maximum Gasteiger partial charge on any atom is 0.220 e. The lowest BCUT2D eigenvalue weighted by atomic mass is 9.87. The van der Waals surface area contributed by atoms with E-state index in [1.54, 1.807) is 16.7 Å². The van der Waals surface area contributed by atoms with E-state index in [1.165, 1.54) is 14.0 Å². The fourth-order valence-corrected chi connectivity index (χ4v) is 4.32. The van der Waals surface area contributed by atoms with Crippen molar-refractivity contribution in [2.45, 2.75) is 31.7 Å². The van der Waals surface area contributed by atoms with Crippen LogP contribution in [0.1, 0.15) is 13.8 Å². The lowest BCUT2D eigenvalue weighted by molar-refractivity contribution is -0.131. The Labute approximate surface area is 133 Å². The Bertz CT molecular complexity index is 793. The maximum absolute atomic E-state index is 12.7. The molecule has 7 nitrogen and oxygen atoms in total. The molecule has 0 bridgehead atoms. The van der Waals surface area contributed by atoms with Gasteiger partial charge in [0.25, 0.3) is 0 Å². The molecule has 0 aromatic heterocycles. The Hall–Kier alpha value is -2.41. The van der Waals surface area contributed by atoms with E-state index in [1.807, 2.05) is 0 Å². The molecule has 2 fully saturated rings. The molecule has 3 aliphatic heterocycles. The number of carbonyl (C=O) groups excluding carboxylic acids is 3. The van der Waals surface area contributed by atoms with E-state index >= 15 is 0 Å². The highest BCUT2D eigenvalue weighted by atomic mass is 16.5. The van der Waals surface area contributed by atoms with Gasteiger partial charge in [0.1, 0.15) is 6.04 Å². The van der Waals surface area contributed by atoms with Crippen molar-refractivity contribution in [3.8, 4) is 0 Å². The molecular weight excluding hydrogens is 298 g/mol. The molecule has 3 heterocycles. The van der Waals surface area contributed by atoms with Crippen LogP contribution in [0.15, 0.2) is 34.7 Å². The van der Waals surface area contributed by atoms with Crippen LogP contribution in [0.2, 0.25) is 0 Å². The van der Waals surface area contributed by atoms with E-state index in [4.69, 9.17) is 10.5 Å². The monoisotopic (exact) mass is 315 g/mol. The first kappa shape index (κ1) is 14.2. The molecule has 4 aliphatic rings. The number of ether oxygens (including phenoxy) is 1. The van der Waals surface area contributed by atoms with Gasteiger partial charge in [0.2, 0.25) is 17.5 Å². The topological polar surface area (TPSA) is 92.7 Å². The Balaban J connectivity index is 1.86. The van der Waals surface area contributed by atoms with Crippen LogP contribution in [0.4, 0.5) is 0 Å². The summed E-state index contributed by atoms with van der Waals surface area (Å²) < 4.78 is 5.76. The second kappa shape index (κ2) is 3.91. The first-order valence-electron chi connectivity index (χ1n) is 7.40. The molecule has 2 N–H and O–H groups in total. The van der Waals surface area contributed by atoms with E-state index in [0.29, 0.717) is 17.8 Å². The summed E-state index contributed by atoms with van der Waals surface area (Å²) in [4.78, 5) is 40.5. The molecule has 23 heavy (non-hydrogen) atoms. The Morgan fingerprint density at radius 1 is 1.39 bits per heavy atom. The molecule has 4 rings (SSSR count). The molecule has 7 heteroatoms. The fourth-order valence-electron chi connectivity index (χ4n) is 4.32. The standard InChI is InChI=1S/C16H17N3O4/c1-6-11(17)14(22)10-7(2)16(23-4)15-9(19(15)8(3)20)5-18(16)12(10)13(6)21/h9,15H,2,5,17H2,1,3-4H3/t9-,15-,16+,19?/m1/s1. The maximum atomic E-state index is 12.7. The van der Waals surface area contributed by atoms with Crippen LogP contribution in [-0.4, -0.2) is 58.7 Å². The molecule has 1 amide bonds. The lowest BCUT2D eigenvalue weighted by Crippen LogP contribution is -2.51. The normalized spacial score (nSPS) is 35.0. The van der Waals surface area contributed by atoms with Crippen molar-refractivity contribution in [2.75, 3.05) is 13.7 Å². The molecule has 2 saturated heterocycles. The average molecular weight is 315 g/mol. The summed E-state index contributed by atoms with van der Waals surface area (Å²) in [6.45, 7) is 7.52. The molecule has 0 aromatic carbocycles. The van der Waals surface area contributed by atoms with Gasteiger partial charge < -0.3 is 20.3 Å². The molecule has 1 aliphatic carbocycles. The van der Waals surface area contributed by atoms with Crippen LogP contribution in [0.5, 0.6) is 0 Å². The van der Waals surface area contributed by atoms with Crippen molar-refractivity contribution >= 4 is 17.5 Å². The van der Waals surface area contributed by atoms with Gasteiger partial charge in [0, 0.05) is 31.7 Å². The van der Waals surface area contributed by atoms with Crippen molar-refractivity contribution in [2.24, 2.45) is 5.73 Å². The van der Waals surface area contributed by atoms with Crippen LogP contribution in [-0.2, 0) is 19.1 Å². The third-order valence-electron chi connectivity index (χ3n) is 5.45. The first-order chi connectivity index (χ1) is 10.8. The minimum Gasteiger partial charge on any atom is -0.395 e. The molecule has 0 spiro atoms. The van der Waals surface area contributed by atoms with Crippen molar-refractivity contribution in [1.29, 1.82) is 0 Å². The van der Waals surface area contributed by atoms with Crippen molar-refractivity contribution < 1.29 is 19.1 Å². The number of nitrogens with two attached hydrogens (primary N) is 1. The van der Waals surface area contributed by atoms with E-state index < -0.39 is 5.72 Å². The molecular formula is C16H17N3O4. The second-order valence-electron chi connectivity index (χ2n) is 6.35. The largest absolute Gasteiger partial charge is 0.395 e. The molecule has 0 unspecified atom stereocenters. The molecule has 0 saturated carbocycles. The predicted molar refractivity (Wildman–Crippen MR) is 79.6 cm³/mol. The van der Waals surface area contributed by atoms with Crippen molar-refractivity contribution in [1.82, 2.24) is 9.80 Å². The number of fused-ring (bicyclic) bond motifs is 4. The number of carbonyl (C=O) groups is 3. The van der Waals surface area contributed by atoms with Crippen LogP contribution in [0, 0.1) is 0 Å². The summed E-state index contributed by atoms with van der Waals surface area (Å²) in [5.74, 6) is -0.715. The Kier molecular flexibility index (Phi) is 2.42. The zero-order chi connectivity index (χ0) is 16.8. The van der Waals surface area contributed by atoms with Gasteiger partial charge in [0.05, 0.1) is 23.0 Å². The summed E-state index contributed by atoms with van der Waals surface area (Å²) in [5.41, 5.74) is 5.91. The van der Waals surface area contributed by atoms with Crippen molar-refractivity contribution in [3.63, 3.8) is 0 Å². The summed E-state index contributed by atoms with van der Waals surface area (Å²) in [7, 11) is 1.51. The highest BCUT2D eigenvalue weighted by Gasteiger charge is 2.75. The number of hydrogen-bond acceptors (Lipinski definition) is 6. The van der Waals surface area contributed by atoms with Crippen molar-refractivity contribution in [3.05, 3.63) is 34.7 Å². The summed E-state index contributed by atoms with van der Waals surface area (Å²) in [5, 5.41) is 0. The van der Waals surface area contributed by atoms with Gasteiger partial charge in [-0.2, -0.15) is 0 Å². The first-order valence-corrected chi connectivity index (χ1v) is 7.40. The van der Waals surface area contributed by atoms with Gasteiger partial charge in [-0.25, -0.2) is 0 Å². The number of nitrogens with zero attached hydrogens (tertiary/aromatic N) is 2. The molecule has 3 atom stereocenters. The average Bonchev–Trinajstić information content (AvgIpc) is 3.05. The number of ketones is 2. The van der Waals surface area contributed by atoms with Gasteiger partial charge >= 0.3 is 0 Å². The minimum absolute atomic E-state index is 0.0234. The second-order valence-corrected chi connectivity index (χ2v) is 6.35. The number of amides is 1. The van der Waals surface area contributed by atoms with Gasteiger partial charge in [-0.3, -0.25) is 14.4 Å². The van der Waals surface area contributed by atoms with Crippen LogP contribution < -0.4 is 5.73 Å². The van der Waals surface area contributed by atoms with Gasteiger partial charge in [-0.05, 0) is 6.92 Å². The zero-order valence-corrected chi connectivity index (χ0v) is 13.2. The number of allylic oxidation sites excluding steroid dienone is 2. The van der Waals surface area contributed by atoms with Crippen LogP contribution in [0.25, 0.3) is 0 Å². The number of hydrogen-bond donors (Lipinski definition) is 1. The van der Waals surface area contributed by atoms with E-state index in [2.05, 4.69) is 6.58 Å². The van der Waals surface area contributed by atoms with E-state index in [-0.39, 0.29) is 46.4 Å². The van der Waals surface area contributed by atoms with Crippen LogP contribution >= 0.6 is 0 Å². The number of Topliss-reactive ketones (excluding diaryl/α,β-unsaturated/α-hetero) is 2. The van der Waals surface area contributed by atoms with E-state index in [0.717, 1.165) is 0 Å². The van der Waals surface area contributed by atoms with Gasteiger partial charge in [0.15, 0.2) is 5.72 Å². The molecule has 120 valence electrons. The molecule has 0 radical (unpaired) electrons. The van der Waals surface area contributed by atoms with Gasteiger partial charge in [-0.15, -0.1) is 0 Å². The predicted octanol–water partition coefficient (Wildman–Crippen LogP) is -0.548. The fraction of sp³-hybridized carbons (Fsp3) is 0.438. The quantitative estimate of drug-likeness (QED) is 0.516. The summed E-state index contributed by atoms with van der Waals surface area (Å²) in [6, 6.07) is -0.255. The number of methoxy groups -OCH3 is 1. The Morgan fingerprint density at radius 3 is 2.61 bits per heavy atom. The van der Waals surface area contributed by atoms with E-state index in [9.17, 15) is 14.4 Å². The Morgan fingerprint density at radius 2 is 2.04 bits per heavy atom. The van der Waals surface area contributed by atoms with Crippen LogP contribution in [0.3, 0.4) is 0 Å². The molecule has 0 aromatic rings. The SMILES string of the molecule is C=C1C2=C(C(=O)C(C)=C(N)C2=O)N2C[C@@H]3[C@@H](N3C(C)=O)[C@@]12OC. The third-order valence-corrected chi connectivity index (χ3v) is 5.45. The third kappa shape index (κ3) is 1.29.